The Bertz CT molecular complexity index is 1600. The minimum Gasteiger partial charge on any atom is -0.493 e. The Labute approximate surface area is 305 Å². The monoisotopic (exact) mass is 692 g/mol. The normalized spacial score (nSPS) is 14.7. The number of methoxy groups -OCH3 is 2. The first-order valence-electron chi connectivity index (χ1n) is 18.9. The molecule has 51 heavy (non-hydrogen) atoms. The molecular formula is C45H57FN2O3. The number of amides is 1. The number of carbonyl (C=O) groups is 1. The average Bonchev–Trinajstić information content (AvgIpc) is 3.16. The molecule has 1 atom stereocenters. The molecule has 1 aliphatic heterocycles. The van der Waals surface area contributed by atoms with Crippen LogP contribution in [0.1, 0.15) is 99.1 Å². The van der Waals surface area contributed by atoms with Crippen molar-refractivity contribution in [3.05, 3.63) is 131 Å². The van der Waals surface area contributed by atoms with Crippen LogP contribution in [0.4, 0.5) is 4.39 Å². The second-order valence-corrected chi connectivity index (χ2v) is 14.5. The van der Waals surface area contributed by atoms with Crippen molar-refractivity contribution in [2.75, 3.05) is 33.9 Å². The van der Waals surface area contributed by atoms with Gasteiger partial charge in [-0.15, -0.1) is 0 Å². The molecule has 5 nitrogen and oxygen atoms in total. The zero-order chi connectivity index (χ0) is 36.1. The Kier molecular flexibility index (Phi) is 14.1. The smallest absolute Gasteiger partial charge is 0.220 e. The van der Waals surface area contributed by atoms with Gasteiger partial charge in [-0.2, -0.15) is 0 Å². The number of fused-ring (bicyclic) bond motifs is 1. The summed E-state index contributed by atoms with van der Waals surface area (Å²) in [5.74, 6) is 2.08. The van der Waals surface area contributed by atoms with Gasteiger partial charge >= 0.3 is 0 Å². The Morgan fingerprint density at radius 3 is 2.12 bits per heavy atom. The fraction of sp³-hybridized carbons (Fsp3) is 0.444. The zero-order valence-electron chi connectivity index (χ0n) is 31.1. The Balaban J connectivity index is 1.31. The first kappa shape index (κ1) is 38.1. The fourth-order valence-corrected chi connectivity index (χ4v) is 7.99. The minimum atomic E-state index is -0.257. The summed E-state index contributed by atoms with van der Waals surface area (Å²) in [6.07, 6.45) is 9.39. The second kappa shape index (κ2) is 18.9. The van der Waals surface area contributed by atoms with Gasteiger partial charge in [0.1, 0.15) is 5.82 Å². The number of hydrogen-bond donors (Lipinski definition) is 1. The third kappa shape index (κ3) is 10.2. The molecule has 4 aromatic carbocycles. The number of halogens is 1. The molecule has 5 rings (SSSR count). The maximum Gasteiger partial charge on any atom is 0.220 e. The molecular weight excluding hydrogens is 636 g/mol. The number of carbonyl (C=O) groups excluding carboxylic acids is 1. The molecule has 0 saturated heterocycles. The maximum atomic E-state index is 13.3. The first-order chi connectivity index (χ1) is 24.8. The van der Waals surface area contributed by atoms with Crippen molar-refractivity contribution in [3.8, 4) is 11.5 Å². The van der Waals surface area contributed by atoms with E-state index in [0.29, 0.717) is 31.3 Å². The van der Waals surface area contributed by atoms with Crippen LogP contribution < -0.4 is 14.8 Å². The van der Waals surface area contributed by atoms with Crippen molar-refractivity contribution in [2.45, 2.75) is 89.5 Å². The van der Waals surface area contributed by atoms with Gasteiger partial charge in [-0.1, -0.05) is 99.5 Å². The molecule has 6 heteroatoms. The van der Waals surface area contributed by atoms with E-state index in [2.05, 4.69) is 96.9 Å². The molecule has 1 amide bonds. The molecule has 0 saturated carbocycles. The van der Waals surface area contributed by atoms with Crippen molar-refractivity contribution in [1.82, 2.24) is 10.2 Å². The van der Waals surface area contributed by atoms with E-state index in [1.165, 1.54) is 47.2 Å². The number of hydrogen-bond acceptors (Lipinski definition) is 4. The summed E-state index contributed by atoms with van der Waals surface area (Å²) in [5, 5.41) is 3.17. The summed E-state index contributed by atoms with van der Waals surface area (Å²) in [6.45, 7) is 7.29. The average molecular weight is 693 g/mol. The standard InChI is InChI=1S/C45H57FN2O3/c1-34(2)14-11-19-41-40-33-43(51-4)42(50-3)32-36(40)26-31-48(41)30-13-28-45(37-15-7-5-8-16-37,38-17-9-6-10-18-38)27-12-29-47-44(49)25-22-35-20-23-39(46)24-21-35/h5-10,15-18,20-21,23-24,32-34,41H,11-14,19,22,25-31H2,1-4H3,(H,47,49). The van der Waals surface area contributed by atoms with Crippen molar-refractivity contribution in [2.24, 2.45) is 5.92 Å². The predicted octanol–water partition coefficient (Wildman–Crippen LogP) is 9.86. The molecule has 1 heterocycles. The summed E-state index contributed by atoms with van der Waals surface area (Å²) < 4.78 is 24.8. The van der Waals surface area contributed by atoms with Crippen LogP contribution in [0.15, 0.2) is 97.1 Å². The summed E-state index contributed by atoms with van der Waals surface area (Å²) in [4.78, 5) is 15.5. The van der Waals surface area contributed by atoms with Gasteiger partial charge in [0.15, 0.2) is 11.5 Å². The number of rotatable bonds is 19. The van der Waals surface area contributed by atoms with Crippen LogP contribution in [0.25, 0.3) is 0 Å². The SMILES string of the molecule is COc1cc2c(cc1OC)C(CCCC(C)C)N(CCCC(CCCNC(=O)CCc1ccc(F)cc1)(c1ccccc1)c1ccccc1)CC2. The van der Waals surface area contributed by atoms with E-state index in [1.807, 2.05) is 0 Å². The van der Waals surface area contributed by atoms with E-state index in [4.69, 9.17) is 9.47 Å². The lowest BCUT2D eigenvalue weighted by atomic mass is 9.68. The van der Waals surface area contributed by atoms with Crippen molar-refractivity contribution < 1.29 is 18.7 Å². The lowest BCUT2D eigenvalue weighted by Crippen LogP contribution is -2.37. The number of nitrogens with zero attached hydrogens (tertiary/aromatic N) is 1. The molecule has 0 aromatic heterocycles. The number of nitrogens with one attached hydrogen (secondary N) is 1. The highest BCUT2D eigenvalue weighted by atomic mass is 19.1. The zero-order valence-corrected chi connectivity index (χ0v) is 31.1. The maximum absolute atomic E-state index is 13.3. The lowest BCUT2D eigenvalue weighted by Gasteiger charge is -2.40. The van der Waals surface area contributed by atoms with E-state index in [1.54, 1.807) is 26.4 Å². The number of benzene rings is 4. The highest BCUT2D eigenvalue weighted by Gasteiger charge is 2.35. The van der Waals surface area contributed by atoms with Gasteiger partial charge in [0.05, 0.1) is 14.2 Å². The van der Waals surface area contributed by atoms with Crippen LogP contribution in [0.2, 0.25) is 0 Å². The highest BCUT2D eigenvalue weighted by molar-refractivity contribution is 5.76. The van der Waals surface area contributed by atoms with E-state index in [9.17, 15) is 9.18 Å². The fourth-order valence-electron chi connectivity index (χ4n) is 7.99. The van der Waals surface area contributed by atoms with Crippen LogP contribution in [0.3, 0.4) is 0 Å². The Morgan fingerprint density at radius 2 is 1.49 bits per heavy atom. The van der Waals surface area contributed by atoms with E-state index < -0.39 is 0 Å². The topological polar surface area (TPSA) is 50.8 Å². The highest BCUT2D eigenvalue weighted by Crippen LogP contribution is 2.43. The van der Waals surface area contributed by atoms with Crippen molar-refractivity contribution in [1.29, 1.82) is 0 Å². The van der Waals surface area contributed by atoms with Gasteiger partial charge in [-0.05, 0) is 109 Å². The van der Waals surface area contributed by atoms with E-state index >= 15 is 0 Å². The molecule has 1 unspecified atom stereocenters. The van der Waals surface area contributed by atoms with Crippen LogP contribution in [0.5, 0.6) is 11.5 Å². The van der Waals surface area contributed by atoms with Gasteiger partial charge in [0.2, 0.25) is 5.91 Å². The van der Waals surface area contributed by atoms with Gasteiger partial charge in [-0.25, -0.2) is 4.39 Å². The lowest BCUT2D eigenvalue weighted by molar-refractivity contribution is -0.121. The van der Waals surface area contributed by atoms with Crippen LogP contribution >= 0.6 is 0 Å². The van der Waals surface area contributed by atoms with Gasteiger partial charge < -0.3 is 14.8 Å². The Morgan fingerprint density at radius 1 is 0.863 bits per heavy atom. The molecule has 0 spiro atoms. The third-order valence-corrected chi connectivity index (χ3v) is 10.7. The molecule has 0 aliphatic carbocycles. The number of aryl methyl sites for hydroxylation is 1. The molecule has 272 valence electrons. The largest absolute Gasteiger partial charge is 0.493 e. The second-order valence-electron chi connectivity index (χ2n) is 14.5. The molecule has 0 radical (unpaired) electrons. The van der Waals surface area contributed by atoms with E-state index in [0.717, 1.165) is 68.7 Å². The Hall–Kier alpha value is -4.16. The third-order valence-electron chi connectivity index (χ3n) is 10.7. The summed E-state index contributed by atoms with van der Waals surface area (Å²) in [6, 6.07) is 33.1. The number of ether oxygens (including phenoxy) is 2. The quantitative estimate of drug-likeness (QED) is 0.0995. The van der Waals surface area contributed by atoms with Crippen molar-refractivity contribution >= 4 is 5.91 Å². The minimum absolute atomic E-state index is 0.0347. The molecule has 0 fully saturated rings. The summed E-state index contributed by atoms with van der Waals surface area (Å²) in [5.41, 5.74) is 6.20. The van der Waals surface area contributed by atoms with Crippen LogP contribution in [-0.2, 0) is 23.1 Å². The molecule has 0 bridgehead atoms. The van der Waals surface area contributed by atoms with E-state index in [-0.39, 0.29) is 17.1 Å². The predicted molar refractivity (Wildman–Crippen MR) is 206 cm³/mol. The summed E-state index contributed by atoms with van der Waals surface area (Å²) >= 11 is 0. The van der Waals surface area contributed by atoms with Crippen molar-refractivity contribution in [3.63, 3.8) is 0 Å². The van der Waals surface area contributed by atoms with Gasteiger partial charge in [-0.3, -0.25) is 9.69 Å². The molecule has 4 aromatic rings. The van der Waals surface area contributed by atoms with Crippen LogP contribution in [-0.4, -0.2) is 44.7 Å². The van der Waals surface area contributed by atoms with Crippen LogP contribution in [0, 0.1) is 11.7 Å². The first-order valence-corrected chi connectivity index (χ1v) is 18.9. The molecule has 1 N–H and O–H groups in total. The van der Waals surface area contributed by atoms with Gasteiger partial charge in [0.25, 0.3) is 0 Å². The summed E-state index contributed by atoms with van der Waals surface area (Å²) in [7, 11) is 3.44. The molecule has 1 aliphatic rings. The van der Waals surface area contributed by atoms with Gasteiger partial charge in [0, 0.05) is 31.0 Å².